The Morgan fingerprint density at radius 3 is 2.45 bits per heavy atom. The number of ether oxygens (including phenoxy) is 2. The first-order valence-electron chi connectivity index (χ1n) is 10.3. The number of nitrogens with zero attached hydrogens (tertiary/aromatic N) is 1. The number of anilines is 1. The summed E-state index contributed by atoms with van der Waals surface area (Å²) >= 11 is 12.4. The Balaban J connectivity index is 1.62. The van der Waals surface area contributed by atoms with Crippen LogP contribution in [0, 0.1) is 11.3 Å². The second-order valence-electron chi connectivity index (χ2n) is 7.07. The number of halogens is 2. The number of nitrogens with one attached hydrogen (secondary N) is 1. The van der Waals surface area contributed by atoms with Gasteiger partial charge in [0.2, 0.25) is 0 Å². The molecule has 0 aliphatic carbocycles. The minimum atomic E-state index is -0.523. The molecule has 1 N–H and O–H groups in total. The molecule has 33 heavy (non-hydrogen) atoms. The van der Waals surface area contributed by atoms with Gasteiger partial charge in [-0.3, -0.25) is 4.79 Å². The van der Waals surface area contributed by atoms with E-state index in [-0.39, 0.29) is 5.57 Å². The SMILES string of the molecule is CCCOc1ccc(/C=C(\C#N)C(=O)Nc2ccc(OCc3ccccc3Cl)cc2)cc1Cl. The average molecular weight is 481 g/mol. The quantitative estimate of drug-likeness (QED) is 0.266. The van der Waals surface area contributed by atoms with Crippen molar-refractivity contribution in [2.75, 3.05) is 11.9 Å². The Morgan fingerprint density at radius 1 is 1.03 bits per heavy atom. The van der Waals surface area contributed by atoms with E-state index in [0.717, 1.165) is 12.0 Å². The van der Waals surface area contributed by atoms with Gasteiger partial charge in [0.05, 0.1) is 11.6 Å². The van der Waals surface area contributed by atoms with Crippen LogP contribution in [-0.2, 0) is 11.4 Å². The molecule has 5 nitrogen and oxygen atoms in total. The van der Waals surface area contributed by atoms with Gasteiger partial charge in [-0.2, -0.15) is 5.26 Å². The van der Waals surface area contributed by atoms with Crippen LogP contribution in [-0.4, -0.2) is 12.5 Å². The lowest BCUT2D eigenvalue weighted by Crippen LogP contribution is -2.13. The van der Waals surface area contributed by atoms with Gasteiger partial charge in [-0.1, -0.05) is 54.4 Å². The summed E-state index contributed by atoms with van der Waals surface area (Å²) in [6, 6.07) is 21.4. The normalized spacial score (nSPS) is 10.9. The first-order chi connectivity index (χ1) is 16.0. The van der Waals surface area contributed by atoms with Crippen molar-refractivity contribution in [2.24, 2.45) is 0 Å². The van der Waals surface area contributed by atoms with Crippen molar-refractivity contribution in [1.82, 2.24) is 0 Å². The molecule has 0 aliphatic heterocycles. The molecule has 0 saturated heterocycles. The lowest BCUT2D eigenvalue weighted by atomic mass is 10.1. The van der Waals surface area contributed by atoms with Crippen molar-refractivity contribution in [3.8, 4) is 17.6 Å². The summed E-state index contributed by atoms with van der Waals surface area (Å²) in [4.78, 5) is 12.6. The smallest absolute Gasteiger partial charge is 0.266 e. The second-order valence-corrected chi connectivity index (χ2v) is 7.88. The number of benzene rings is 3. The molecular formula is C26H22Cl2N2O3. The van der Waals surface area contributed by atoms with E-state index >= 15 is 0 Å². The number of amides is 1. The molecule has 0 saturated carbocycles. The molecule has 1 amide bonds. The number of nitriles is 1. The zero-order valence-corrected chi connectivity index (χ0v) is 19.5. The lowest BCUT2D eigenvalue weighted by molar-refractivity contribution is -0.112. The molecule has 3 aromatic carbocycles. The molecule has 0 spiro atoms. The summed E-state index contributed by atoms with van der Waals surface area (Å²) in [6.45, 7) is 2.90. The van der Waals surface area contributed by atoms with E-state index in [1.165, 1.54) is 6.08 Å². The Kier molecular flexibility index (Phi) is 8.77. The molecule has 0 atom stereocenters. The molecule has 0 radical (unpaired) electrons. The summed E-state index contributed by atoms with van der Waals surface area (Å²) in [5.41, 5.74) is 1.99. The van der Waals surface area contributed by atoms with Crippen LogP contribution in [0.1, 0.15) is 24.5 Å². The van der Waals surface area contributed by atoms with Gasteiger partial charge in [0.15, 0.2) is 0 Å². The van der Waals surface area contributed by atoms with Crippen molar-refractivity contribution < 1.29 is 14.3 Å². The van der Waals surface area contributed by atoms with E-state index in [1.54, 1.807) is 42.5 Å². The van der Waals surface area contributed by atoms with Crippen LogP contribution in [0.2, 0.25) is 10.0 Å². The Labute approximate surface area is 203 Å². The van der Waals surface area contributed by atoms with Gasteiger partial charge in [-0.05, 0) is 60.5 Å². The molecule has 3 rings (SSSR count). The van der Waals surface area contributed by atoms with E-state index in [1.807, 2.05) is 37.3 Å². The Morgan fingerprint density at radius 2 is 1.79 bits per heavy atom. The molecule has 0 heterocycles. The van der Waals surface area contributed by atoms with Crippen molar-refractivity contribution in [2.45, 2.75) is 20.0 Å². The second kappa shape index (κ2) is 12.0. The minimum absolute atomic E-state index is 0.0488. The Hall–Kier alpha value is -3.46. The van der Waals surface area contributed by atoms with E-state index in [2.05, 4.69) is 5.32 Å². The predicted octanol–water partition coefficient (Wildman–Crippen LogP) is 6.91. The van der Waals surface area contributed by atoms with Gasteiger partial charge in [0.1, 0.15) is 29.7 Å². The fraction of sp³-hybridized carbons (Fsp3) is 0.154. The third kappa shape index (κ3) is 7.01. The van der Waals surface area contributed by atoms with Gasteiger partial charge >= 0.3 is 0 Å². The average Bonchev–Trinajstić information content (AvgIpc) is 2.82. The summed E-state index contributed by atoms with van der Waals surface area (Å²) < 4.78 is 11.3. The first kappa shape index (κ1) is 24.2. The zero-order chi connectivity index (χ0) is 23.6. The third-order valence-electron chi connectivity index (χ3n) is 4.56. The van der Waals surface area contributed by atoms with E-state index in [9.17, 15) is 10.1 Å². The summed E-state index contributed by atoms with van der Waals surface area (Å²) in [7, 11) is 0. The van der Waals surface area contributed by atoms with Crippen LogP contribution in [0.15, 0.2) is 72.3 Å². The molecule has 168 valence electrons. The topological polar surface area (TPSA) is 71.3 Å². The highest BCUT2D eigenvalue weighted by atomic mass is 35.5. The largest absolute Gasteiger partial charge is 0.492 e. The van der Waals surface area contributed by atoms with Crippen molar-refractivity contribution >= 4 is 40.9 Å². The van der Waals surface area contributed by atoms with E-state index < -0.39 is 5.91 Å². The highest BCUT2D eigenvalue weighted by molar-refractivity contribution is 6.32. The predicted molar refractivity (Wildman–Crippen MR) is 132 cm³/mol. The number of hydrogen-bond donors (Lipinski definition) is 1. The maximum atomic E-state index is 12.6. The molecule has 0 bridgehead atoms. The summed E-state index contributed by atoms with van der Waals surface area (Å²) in [6.07, 6.45) is 2.34. The number of hydrogen-bond acceptors (Lipinski definition) is 4. The van der Waals surface area contributed by atoms with Crippen molar-refractivity contribution in [3.05, 3.63) is 93.5 Å². The van der Waals surface area contributed by atoms with E-state index in [4.69, 9.17) is 32.7 Å². The molecule has 0 unspecified atom stereocenters. The van der Waals surface area contributed by atoms with Crippen LogP contribution in [0.25, 0.3) is 6.08 Å². The number of carbonyl (C=O) groups is 1. The molecule has 3 aromatic rings. The molecule has 0 aliphatic rings. The van der Waals surface area contributed by atoms with Crippen LogP contribution in [0.4, 0.5) is 5.69 Å². The molecule has 0 fully saturated rings. The van der Waals surface area contributed by atoms with Crippen molar-refractivity contribution in [3.63, 3.8) is 0 Å². The number of carbonyl (C=O) groups excluding carboxylic acids is 1. The van der Waals surface area contributed by atoms with Gasteiger partial charge in [0.25, 0.3) is 5.91 Å². The van der Waals surface area contributed by atoms with Gasteiger partial charge in [0, 0.05) is 16.3 Å². The summed E-state index contributed by atoms with van der Waals surface area (Å²) in [5.74, 6) is 0.670. The zero-order valence-electron chi connectivity index (χ0n) is 18.0. The lowest BCUT2D eigenvalue weighted by Gasteiger charge is -2.09. The molecule has 7 heteroatoms. The maximum Gasteiger partial charge on any atom is 0.266 e. The standard InChI is InChI=1S/C26H22Cl2N2O3/c1-2-13-32-25-12-7-18(15-24(25)28)14-20(16-29)26(31)30-21-8-10-22(11-9-21)33-17-19-5-3-4-6-23(19)27/h3-12,14-15H,2,13,17H2,1H3,(H,30,31)/b20-14+. The van der Waals surface area contributed by atoms with Crippen molar-refractivity contribution in [1.29, 1.82) is 5.26 Å². The van der Waals surface area contributed by atoms with Crippen LogP contribution in [0.5, 0.6) is 11.5 Å². The fourth-order valence-electron chi connectivity index (χ4n) is 2.86. The van der Waals surface area contributed by atoms with Gasteiger partial charge in [-0.15, -0.1) is 0 Å². The minimum Gasteiger partial charge on any atom is -0.492 e. The third-order valence-corrected chi connectivity index (χ3v) is 5.22. The van der Waals surface area contributed by atoms with Crippen LogP contribution in [0.3, 0.4) is 0 Å². The molecule has 0 aromatic heterocycles. The fourth-order valence-corrected chi connectivity index (χ4v) is 3.29. The summed E-state index contributed by atoms with van der Waals surface area (Å²) in [5, 5.41) is 13.2. The Bertz CT molecular complexity index is 1180. The molecular weight excluding hydrogens is 459 g/mol. The number of rotatable bonds is 9. The van der Waals surface area contributed by atoms with Crippen LogP contribution < -0.4 is 14.8 Å². The highest BCUT2D eigenvalue weighted by Gasteiger charge is 2.11. The van der Waals surface area contributed by atoms with Gasteiger partial charge in [-0.25, -0.2) is 0 Å². The van der Waals surface area contributed by atoms with E-state index in [0.29, 0.717) is 46.0 Å². The first-order valence-corrected chi connectivity index (χ1v) is 11.1. The van der Waals surface area contributed by atoms with Gasteiger partial charge < -0.3 is 14.8 Å². The van der Waals surface area contributed by atoms with Crippen LogP contribution >= 0.6 is 23.2 Å². The highest BCUT2D eigenvalue weighted by Crippen LogP contribution is 2.27. The monoisotopic (exact) mass is 480 g/mol. The maximum absolute atomic E-state index is 12.6.